The molecule has 2 aromatic carbocycles. The number of anilines is 1. The van der Waals surface area contributed by atoms with Crippen LogP contribution in [0.2, 0.25) is 0 Å². The molecule has 0 saturated carbocycles. The summed E-state index contributed by atoms with van der Waals surface area (Å²) in [6, 6.07) is 12.3. The second-order valence-electron chi connectivity index (χ2n) is 4.72. The Labute approximate surface area is 122 Å². The van der Waals surface area contributed by atoms with E-state index in [9.17, 15) is 9.18 Å². The van der Waals surface area contributed by atoms with Gasteiger partial charge in [0.1, 0.15) is 11.6 Å². The fraction of sp³-hybridized carbons (Fsp3) is 0.188. The molecule has 2 rings (SSSR count). The van der Waals surface area contributed by atoms with Gasteiger partial charge < -0.3 is 15.8 Å². The Kier molecular flexibility index (Phi) is 4.77. The van der Waals surface area contributed by atoms with Gasteiger partial charge in [-0.3, -0.25) is 4.79 Å². The number of primary amides is 1. The lowest BCUT2D eigenvalue weighted by atomic mass is 10.1. The van der Waals surface area contributed by atoms with Crippen molar-refractivity contribution in [3.63, 3.8) is 0 Å². The van der Waals surface area contributed by atoms with E-state index >= 15 is 0 Å². The summed E-state index contributed by atoms with van der Waals surface area (Å²) in [7, 11) is 0. The molecule has 0 fully saturated rings. The van der Waals surface area contributed by atoms with E-state index in [4.69, 9.17) is 10.5 Å². The third-order valence-corrected chi connectivity index (χ3v) is 2.95. The third-order valence-electron chi connectivity index (χ3n) is 2.95. The molecule has 0 bridgehead atoms. The monoisotopic (exact) mass is 288 g/mol. The molecule has 110 valence electrons. The maximum absolute atomic E-state index is 13.5. The molecule has 4 nitrogen and oxygen atoms in total. The molecule has 0 saturated heterocycles. The SMILES string of the molecule is Cc1ccc(CNc2cccc(OCC(N)=O)c2)cc1F. The van der Waals surface area contributed by atoms with Crippen LogP contribution in [0, 0.1) is 12.7 Å². The second-order valence-corrected chi connectivity index (χ2v) is 4.72. The minimum atomic E-state index is -0.525. The standard InChI is InChI=1S/C16H17FN2O2/c1-11-5-6-12(7-15(11)17)9-19-13-3-2-4-14(8-13)21-10-16(18)20/h2-8,19H,9-10H2,1H3,(H2,18,20). The molecule has 0 atom stereocenters. The number of hydrogen-bond acceptors (Lipinski definition) is 3. The van der Waals surface area contributed by atoms with Crippen LogP contribution in [-0.4, -0.2) is 12.5 Å². The molecule has 5 heteroatoms. The van der Waals surface area contributed by atoms with Gasteiger partial charge in [0.15, 0.2) is 6.61 Å². The Hall–Kier alpha value is -2.56. The number of ether oxygens (including phenoxy) is 1. The van der Waals surface area contributed by atoms with E-state index in [0.717, 1.165) is 11.3 Å². The Bertz CT molecular complexity index is 644. The van der Waals surface area contributed by atoms with Gasteiger partial charge in [0, 0.05) is 18.3 Å². The molecule has 0 heterocycles. The highest BCUT2D eigenvalue weighted by Gasteiger charge is 2.02. The van der Waals surface area contributed by atoms with Crippen LogP contribution in [0.15, 0.2) is 42.5 Å². The predicted molar refractivity (Wildman–Crippen MR) is 79.6 cm³/mol. The van der Waals surface area contributed by atoms with Crippen molar-refractivity contribution in [2.75, 3.05) is 11.9 Å². The number of benzene rings is 2. The summed E-state index contributed by atoms with van der Waals surface area (Å²) in [5, 5.41) is 3.17. The lowest BCUT2D eigenvalue weighted by Gasteiger charge is -2.09. The van der Waals surface area contributed by atoms with Crippen molar-refractivity contribution in [2.24, 2.45) is 5.73 Å². The molecule has 0 radical (unpaired) electrons. The molecule has 0 aromatic heterocycles. The third kappa shape index (κ3) is 4.49. The molecular weight excluding hydrogens is 271 g/mol. The Balaban J connectivity index is 1.97. The highest BCUT2D eigenvalue weighted by Crippen LogP contribution is 2.18. The predicted octanol–water partition coefficient (Wildman–Crippen LogP) is 2.61. The van der Waals surface area contributed by atoms with Crippen molar-refractivity contribution in [3.05, 3.63) is 59.4 Å². The number of nitrogens with one attached hydrogen (secondary N) is 1. The first-order chi connectivity index (χ1) is 10.0. The van der Waals surface area contributed by atoms with Crippen molar-refractivity contribution in [2.45, 2.75) is 13.5 Å². The Morgan fingerprint density at radius 1 is 1.29 bits per heavy atom. The summed E-state index contributed by atoms with van der Waals surface area (Å²) in [6.45, 7) is 2.06. The second kappa shape index (κ2) is 6.74. The molecular formula is C16H17FN2O2. The van der Waals surface area contributed by atoms with Crippen LogP contribution in [0.5, 0.6) is 5.75 Å². The van der Waals surface area contributed by atoms with Crippen molar-refractivity contribution < 1.29 is 13.9 Å². The Morgan fingerprint density at radius 2 is 2.10 bits per heavy atom. The normalized spacial score (nSPS) is 10.2. The number of carbonyl (C=O) groups is 1. The number of nitrogens with two attached hydrogens (primary N) is 1. The zero-order valence-electron chi connectivity index (χ0n) is 11.7. The van der Waals surface area contributed by atoms with Crippen LogP contribution in [0.1, 0.15) is 11.1 Å². The average molecular weight is 288 g/mol. The molecule has 2 aromatic rings. The van der Waals surface area contributed by atoms with E-state index in [1.165, 1.54) is 6.07 Å². The minimum absolute atomic E-state index is 0.160. The Morgan fingerprint density at radius 3 is 2.81 bits per heavy atom. The van der Waals surface area contributed by atoms with E-state index in [0.29, 0.717) is 17.9 Å². The largest absolute Gasteiger partial charge is 0.484 e. The number of halogens is 1. The van der Waals surface area contributed by atoms with Crippen LogP contribution in [-0.2, 0) is 11.3 Å². The van der Waals surface area contributed by atoms with Crippen molar-refractivity contribution in [1.29, 1.82) is 0 Å². The van der Waals surface area contributed by atoms with Crippen LogP contribution in [0.3, 0.4) is 0 Å². The zero-order chi connectivity index (χ0) is 15.2. The van der Waals surface area contributed by atoms with Gasteiger partial charge in [-0.2, -0.15) is 0 Å². The first kappa shape index (κ1) is 14.8. The molecule has 21 heavy (non-hydrogen) atoms. The maximum Gasteiger partial charge on any atom is 0.255 e. The molecule has 0 aliphatic rings. The van der Waals surface area contributed by atoms with Gasteiger partial charge in [-0.1, -0.05) is 18.2 Å². The van der Waals surface area contributed by atoms with Crippen molar-refractivity contribution in [3.8, 4) is 5.75 Å². The summed E-state index contributed by atoms with van der Waals surface area (Å²) < 4.78 is 18.7. The average Bonchev–Trinajstić information content (AvgIpc) is 2.47. The van der Waals surface area contributed by atoms with E-state index in [1.807, 2.05) is 12.1 Å². The van der Waals surface area contributed by atoms with Crippen molar-refractivity contribution >= 4 is 11.6 Å². The van der Waals surface area contributed by atoms with Crippen LogP contribution in [0.4, 0.5) is 10.1 Å². The van der Waals surface area contributed by atoms with Gasteiger partial charge in [-0.25, -0.2) is 4.39 Å². The number of aryl methyl sites for hydroxylation is 1. The van der Waals surface area contributed by atoms with Crippen LogP contribution >= 0.6 is 0 Å². The molecule has 1 amide bonds. The molecule has 0 aliphatic carbocycles. The van der Waals surface area contributed by atoms with Gasteiger partial charge in [0.05, 0.1) is 0 Å². The summed E-state index contributed by atoms with van der Waals surface area (Å²) >= 11 is 0. The summed E-state index contributed by atoms with van der Waals surface area (Å²) in [6.07, 6.45) is 0. The lowest BCUT2D eigenvalue weighted by molar-refractivity contribution is -0.119. The van der Waals surface area contributed by atoms with Gasteiger partial charge >= 0.3 is 0 Å². The quantitative estimate of drug-likeness (QED) is 0.858. The van der Waals surface area contributed by atoms with E-state index in [2.05, 4.69) is 5.32 Å². The summed E-state index contributed by atoms with van der Waals surface area (Å²) in [5.74, 6) is -0.190. The number of carbonyl (C=O) groups excluding carboxylic acids is 1. The highest BCUT2D eigenvalue weighted by molar-refractivity contribution is 5.75. The molecule has 0 unspecified atom stereocenters. The molecule has 0 spiro atoms. The highest BCUT2D eigenvalue weighted by atomic mass is 19.1. The summed E-state index contributed by atoms with van der Waals surface area (Å²) in [5.41, 5.74) is 7.32. The zero-order valence-corrected chi connectivity index (χ0v) is 11.7. The number of rotatable bonds is 6. The topological polar surface area (TPSA) is 64.3 Å². The molecule has 3 N–H and O–H groups in total. The smallest absolute Gasteiger partial charge is 0.255 e. The fourth-order valence-corrected chi connectivity index (χ4v) is 1.80. The fourth-order valence-electron chi connectivity index (χ4n) is 1.80. The van der Waals surface area contributed by atoms with Crippen LogP contribution < -0.4 is 15.8 Å². The van der Waals surface area contributed by atoms with Crippen molar-refractivity contribution in [1.82, 2.24) is 0 Å². The number of hydrogen-bond donors (Lipinski definition) is 2. The first-order valence-electron chi connectivity index (χ1n) is 6.54. The van der Waals surface area contributed by atoms with Gasteiger partial charge in [0.25, 0.3) is 5.91 Å². The molecule has 0 aliphatic heterocycles. The van der Waals surface area contributed by atoms with Gasteiger partial charge in [-0.15, -0.1) is 0 Å². The lowest BCUT2D eigenvalue weighted by Crippen LogP contribution is -2.20. The van der Waals surface area contributed by atoms with Gasteiger partial charge in [0.2, 0.25) is 0 Å². The summed E-state index contributed by atoms with van der Waals surface area (Å²) in [4.78, 5) is 10.7. The maximum atomic E-state index is 13.5. The van der Waals surface area contributed by atoms with Gasteiger partial charge in [-0.05, 0) is 36.2 Å². The first-order valence-corrected chi connectivity index (χ1v) is 6.54. The van der Waals surface area contributed by atoms with E-state index in [1.54, 1.807) is 31.2 Å². The van der Waals surface area contributed by atoms with E-state index < -0.39 is 5.91 Å². The number of amides is 1. The minimum Gasteiger partial charge on any atom is -0.484 e. The van der Waals surface area contributed by atoms with E-state index in [-0.39, 0.29) is 12.4 Å². The van der Waals surface area contributed by atoms with Crippen LogP contribution in [0.25, 0.3) is 0 Å².